The molecular formula is C15H25NO6. The standard InChI is InChI=1S/C15H25NO6/c1-9(13(17)18)21-12-5-10-7-20-8-11(6-12)16(10)14(19)22-15(2,3)4/h9-12H,5-8H2,1-4H3,(H,17,18)/t9-,10-,11+,12?/m1/s1. The van der Waals surface area contributed by atoms with Gasteiger partial charge >= 0.3 is 12.1 Å². The van der Waals surface area contributed by atoms with Crippen molar-refractivity contribution in [1.82, 2.24) is 4.90 Å². The van der Waals surface area contributed by atoms with Crippen molar-refractivity contribution < 1.29 is 28.9 Å². The number of carbonyl (C=O) groups excluding carboxylic acids is 1. The number of amides is 1. The fraction of sp³-hybridized carbons (Fsp3) is 0.867. The molecule has 2 rings (SSSR count). The number of carbonyl (C=O) groups is 2. The quantitative estimate of drug-likeness (QED) is 0.852. The van der Waals surface area contributed by atoms with Gasteiger partial charge in [-0.15, -0.1) is 0 Å². The number of morpholine rings is 1. The van der Waals surface area contributed by atoms with Gasteiger partial charge in [-0.2, -0.15) is 0 Å². The molecule has 0 aromatic heterocycles. The molecule has 0 spiro atoms. The molecule has 0 saturated carbocycles. The predicted octanol–water partition coefficient (Wildman–Crippen LogP) is 1.64. The molecule has 7 nitrogen and oxygen atoms in total. The van der Waals surface area contributed by atoms with Crippen molar-refractivity contribution in [2.24, 2.45) is 0 Å². The van der Waals surface area contributed by atoms with Crippen LogP contribution in [0.4, 0.5) is 4.79 Å². The van der Waals surface area contributed by atoms with Crippen molar-refractivity contribution in [2.75, 3.05) is 13.2 Å². The van der Waals surface area contributed by atoms with Crippen molar-refractivity contribution in [3.8, 4) is 0 Å². The number of aliphatic carboxylic acids is 1. The zero-order valence-corrected chi connectivity index (χ0v) is 13.6. The van der Waals surface area contributed by atoms with Crippen LogP contribution in [0, 0.1) is 0 Å². The van der Waals surface area contributed by atoms with Crippen molar-refractivity contribution >= 4 is 12.1 Å². The number of hydrogen-bond acceptors (Lipinski definition) is 5. The van der Waals surface area contributed by atoms with Crippen LogP contribution in [0.15, 0.2) is 0 Å². The molecule has 2 heterocycles. The van der Waals surface area contributed by atoms with Gasteiger partial charge in [0, 0.05) is 0 Å². The van der Waals surface area contributed by atoms with Gasteiger partial charge in [-0.1, -0.05) is 0 Å². The van der Waals surface area contributed by atoms with E-state index in [2.05, 4.69) is 0 Å². The van der Waals surface area contributed by atoms with Crippen molar-refractivity contribution in [3.63, 3.8) is 0 Å². The lowest BCUT2D eigenvalue weighted by Gasteiger charge is -2.48. The van der Waals surface area contributed by atoms with Gasteiger partial charge in [-0.3, -0.25) is 4.90 Å². The molecule has 0 aliphatic carbocycles. The van der Waals surface area contributed by atoms with E-state index in [0.29, 0.717) is 26.1 Å². The number of fused-ring (bicyclic) bond motifs is 2. The number of piperidine rings is 1. The van der Waals surface area contributed by atoms with E-state index in [9.17, 15) is 9.59 Å². The van der Waals surface area contributed by atoms with Gasteiger partial charge in [0.1, 0.15) is 5.60 Å². The number of hydrogen-bond donors (Lipinski definition) is 1. The summed E-state index contributed by atoms with van der Waals surface area (Å²) in [6, 6.07) is -0.262. The summed E-state index contributed by atoms with van der Waals surface area (Å²) in [5.41, 5.74) is -0.544. The van der Waals surface area contributed by atoms with Crippen molar-refractivity contribution in [1.29, 1.82) is 0 Å². The predicted molar refractivity (Wildman–Crippen MR) is 77.7 cm³/mol. The number of carboxylic acids is 1. The summed E-state index contributed by atoms with van der Waals surface area (Å²) in [4.78, 5) is 25.0. The van der Waals surface area contributed by atoms with E-state index in [4.69, 9.17) is 19.3 Å². The smallest absolute Gasteiger partial charge is 0.410 e. The average molecular weight is 315 g/mol. The minimum Gasteiger partial charge on any atom is -0.479 e. The summed E-state index contributed by atoms with van der Waals surface area (Å²) in [7, 11) is 0. The summed E-state index contributed by atoms with van der Waals surface area (Å²) in [5, 5.41) is 8.95. The van der Waals surface area contributed by atoms with Gasteiger partial charge in [0.05, 0.1) is 31.4 Å². The number of nitrogens with zero attached hydrogens (tertiary/aromatic N) is 1. The number of ether oxygens (including phenoxy) is 3. The number of rotatable bonds is 3. The van der Waals surface area contributed by atoms with Gasteiger partial charge in [0.2, 0.25) is 0 Å². The molecule has 2 saturated heterocycles. The molecule has 0 aromatic rings. The molecule has 1 unspecified atom stereocenters. The maximum atomic E-state index is 12.4. The Labute approximate surface area is 130 Å². The maximum Gasteiger partial charge on any atom is 0.410 e. The second-order valence-corrected chi connectivity index (χ2v) is 6.94. The van der Waals surface area contributed by atoms with Crippen LogP contribution in [0.1, 0.15) is 40.5 Å². The van der Waals surface area contributed by atoms with Gasteiger partial charge in [-0.25, -0.2) is 9.59 Å². The fourth-order valence-corrected chi connectivity index (χ4v) is 2.94. The molecule has 22 heavy (non-hydrogen) atoms. The zero-order chi connectivity index (χ0) is 16.5. The molecule has 2 fully saturated rings. The minimum atomic E-state index is -0.976. The Morgan fingerprint density at radius 1 is 1.23 bits per heavy atom. The molecule has 126 valence electrons. The van der Waals surface area contributed by atoms with Crippen molar-refractivity contribution in [3.05, 3.63) is 0 Å². The average Bonchev–Trinajstić information content (AvgIpc) is 2.35. The first-order valence-electron chi connectivity index (χ1n) is 7.64. The largest absolute Gasteiger partial charge is 0.479 e. The molecule has 1 N–H and O–H groups in total. The summed E-state index contributed by atoms with van der Waals surface area (Å²) >= 11 is 0. The maximum absolute atomic E-state index is 12.4. The van der Waals surface area contributed by atoms with Crippen LogP contribution in [0.5, 0.6) is 0 Å². The Morgan fingerprint density at radius 3 is 2.23 bits per heavy atom. The highest BCUT2D eigenvalue weighted by atomic mass is 16.6. The van der Waals surface area contributed by atoms with E-state index >= 15 is 0 Å². The van der Waals surface area contributed by atoms with Crippen LogP contribution < -0.4 is 0 Å². The molecular weight excluding hydrogens is 290 g/mol. The van der Waals surface area contributed by atoms with Crippen LogP contribution in [0.2, 0.25) is 0 Å². The summed E-state index contributed by atoms with van der Waals surface area (Å²) < 4.78 is 16.6. The normalized spacial score (nSPS) is 29.8. The van der Waals surface area contributed by atoms with Gasteiger partial charge < -0.3 is 19.3 Å². The summed E-state index contributed by atoms with van der Waals surface area (Å²) in [5.74, 6) is -0.976. The Bertz CT molecular complexity index is 418. The molecule has 0 radical (unpaired) electrons. The Morgan fingerprint density at radius 2 is 1.77 bits per heavy atom. The third kappa shape index (κ3) is 4.10. The molecule has 2 aliphatic rings. The first-order chi connectivity index (χ1) is 10.2. The van der Waals surface area contributed by atoms with Crippen LogP contribution >= 0.6 is 0 Å². The molecule has 1 amide bonds. The Hall–Kier alpha value is -1.34. The second-order valence-electron chi connectivity index (χ2n) is 6.94. The second kappa shape index (κ2) is 6.42. The first-order valence-corrected chi connectivity index (χ1v) is 7.64. The van der Waals surface area contributed by atoms with Crippen LogP contribution in [0.3, 0.4) is 0 Å². The van der Waals surface area contributed by atoms with Gasteiger partial charge in [0.15, 0.2) is 6.10 Å². The third-order valence-electron chi connectivity index (χ3n) is 3.83. The van der Waals surface area contributed by atoms with E-state index in [-0.39, 0.29) is 24.3 Å². The fourth-order valence-electron chi connectivity index (χ4n) is 2.94. The van der Waals surface area contributed by atoms with E-state index in [1.165, 1.54) is 6.92 Å². The first kappa shape index (κ1) is 17.0. The van der Waals surface area contributed by atoms with Crippen LogP contribution in [-0.2, 0) is 19.0 Å². The van der Waals surface area contributed by atoms with E-state index in [1.807, 2.05) is 20.8 Å². The van der Waals surface area contributed by atoms with E-state index in [0.717, 1.165) is 0 Å². The lowest BCUT2D eigenvalue weighted by atomic mass is 9.92. The highest BCUT2D eigenvalue weighted by Gasteiger charge is 2.44. The number of carboxylic acid groups (broad SMARTS) is 1. The van der Waals surface area contributed by atoms with E-state index in [1.54, 1.807) is 4.90 Å². The van der Waals surface area contributed by atoms with Gasteiger partial charge in [0.25, 0.3) is 0 Å². The Balaban J connectivity index is 2.02. The topological polar surface area (TPSA) is 85.3 Å². The Kier molecular flexibility index (Phi) is 4.97. The molecule has 7 heteroatoms. The molecule has 2 aliphatic heterocycles. The monoisotopic (exact) mass is 315 g/mol. The summed E-state index contributed by atoms with van der Waals surface area (Å²) in [6.07, 6.45) is -0.236. The highest BCUT2D eigenvalue weighted by Crippen LogP contribution is 2.31. The lowest BCUT2D eigenvalue weighted by Crippen LogP contribution is -2.61. The molecule has 4 atom stereocenters. The summed E-state index contributed by atoms with van der Waals surface area (Å²) in [6.45, 7) is 7.88. The lowest BCUT2D eigenvalue weighted by molar-refractivity contribution is -0.162. The van der Waals surface area contributed by atoms with E-state index < -0.39 is 17.7 Å². The third-order valence-corrected chi connectivity index (χ3v) is 3.83. The SMILES string of the molecule is C[C@@H](OC1C[C@H]2COC[C@@H](C1)N2C(=O)OC(C)(C)C)C(=O)O. The van der Waals surface area contributed by atoms with Crippen LogP contribution in [0.25, 0.3) is 0 Å². The molecule has 0 aromatic carbocycles. The minimum absolute atomic E-state index is 0.131. The van der Waals surface area contributed by atoms with Crippen molar-refractivity contribution in [2.45, 2.75) is 70.4 Å². The zero-order valence-electron chi connectivity index (χ0n) is 13.6. The van der Waals surface area contributed by atoms with Gasteiger partial charge in [-0.05, 0) is 40.5 Å². The highest BCUT2D eigenvalue weighted by molar-refractivity contribution is 5.71. The molecule has 2 bridgehead atoms. The van der Waals surface area contributed by atoms with Crippen LogP contribution in [-0.4, -0.2) is 65.2 Å².